The molecule has 0 aliphatic carbocycles. The Bertz CT molecular complexity index is 663. The number of hydrogen-bond acceptors (Lipinski definition) is 4. The molecule has 5 nitrogen and oxygen atoms in total. The van der Waals surface area contributed by atoms with Crippen LogP contribution in [0.4, 0.5) is 5.69 Å². The molecule has 2 aliphatic heterocycles. The van der Waals surface area contributed by atoms with Gasteiger partial charge < -0.3 is 10.8 Å². The monoisotopic (exact) mass is 330 g/mol. The number of anilines is 1. The molecule has 2 unspecified atom stereocenters. The first kappa shape index (κ1) is 15.1. The molecule has 1 aromatic carbocycles. The van der Waals surface area contributed by atoms with Crippen molar-refractivity contribution in [1.82, 2.24) is 4.31 Å². The molecule has 2 fully saturated rings. The molecule has 0 saturated carbocycles. The van der Waals surface area contributed by atoms with Gasteiger partial charge in [-0.3, -0.25) is 0 Å². The summed E-state index contributed by atoms with van der Waals surface area (Å²) in [7, 11) is -3.68. The molecular formula is C14H19ClN2O3S. The zero-order valence-corrected chi connectivity index (χ0v) is 13.4. The van der Waals surface area contributed by atoms with E-state index in [4.69, 9.17) is 17.3 Å². The maximum atomic E-state index is 12.9. The summed E-state index contributed by atoms with van der Waals surface area (Å²) in [6.07, 6.45) is 2.16. The van der Waals surface area contributed by atoms with Crippen LogP contribution in [0.1, 0.15) is 31.2 Å². The van der Waals surface area contributed by atoms with Gasteiger partial charge in [0.25, 0.3) is 0 Å². The van der Waals surface area contributed by atoms with E-state index in [9.17, 15) is 13.5 Å². The number of nitrogens with zero attached hydrogens (tertiary/aromatic N) is 1. The van der Waals surface area contributed by atoms with Crippen molar-refractivity contribution in [3.63, 3.8) is 0 Å². The van der Waals surface area contributed by atoms with Crippen LogP contribution in [-0.4, -0.2) is 36.0 Å². The molecule has 0 amide bonds. The van der Waals surface area contributed by atoms with Gasteiger partial charge in [0.2, 0.25) is 10.0 Å². The third-order valence-electron chi connectivity index (χ3n) is 4.52. The summed E-state index contributed by atoms with van der Waals surface area (Å²) in [5.41, 5.74) is 7.02. The second kappa shape index (κ2) is 5.12. The fourth-order valence-electron chi connectivity index (χ4n) is 3.48. The maximum Gasteiger partial charge on any atom is 0.245 e. The van der Waals surface area contributed by atoms with Crippen LogP contribution in [-0.2, 0) is 10.0 Å². The van der Waals surface area contributed by atoms with Gasteiger partial charge in [0.15, 0.2) is 0 Å². The second-order valence-electron chi connectivity index (χ2n) is 5.98. The van der Waals surface area contributed by atoms with Gasteiger partial charge in [0, 0.05) is 17.8 Å². The molecular weight excluding hydrogens is 312 g/mol. The highest BCUT2D eigenvalue weighted by molar-refractivity contribution is 7.89. The third-order valence-corrected chi connectivity index (χ3v) is 6.99. The van der Waals surface area contributed by atoms with Crippen LogP contribution in [0.3, 0.4) is 0 Å². The molecule has 3 N–H and O–H groups in total. The summed E-state index contributed by atoms with van der Waals surface area (Å²) >= 11 is 6.14. The van der Waals surface area contributed by atoms with Gasteiger partial charge in [-0.15, -0.1) is 0 Å². The van der Waals surface area contributed by atoms with Gasteiger partial charge >= 0.3 is 0 Å². The Morgan fingerprint density at radius 2 is 1.86 bits per heavy atom. The lowest BCUT2D eigenvalue weighted by atomic mass is 10.0. The Balaban J connectivity index is 2.04. The zero-order chi connectivity index (χ0) is 15.4. The molecule has 2 bridgehead atoms. The van der Waals surface area contributed by atoms with Gasteiger partial charge in [-0.2, -0.15) is 4.31 Å². The van der Waals surface area contributed by atoms with Crippen LogP contribution in [0.5, 0.6) is 0 Å². The molecule has 0 radical (unpaired) electrons. The van der Waals surface area contributed by atoms with Gasteiger partial charge in [-0.25, -0.2) is 8.42 Å². The number of fused-ring (bicyclic) bond motifs is 2. The van der Waals surface area contributed by atoms with Crippen molar-refractivity contribution in [3.8, 4) is 0 Å². The van der Waals surface area contributed by atoms with Crippen molar-refractivity contribution in [1.29, 1.82) is 0 Å². The van der Waals surface area contributed by atoms with Crippen LogP contribution in [0.2, 0.25) is 5.02 Å². The maximum absolute atomic E-state index is 12.9. The Kier molecular flexibility index (Phi) is 3.68. The van der Waals surface area contributed by atoms with Crippen molar-refractivity contribution in [3.05, 3.63) is 22.7 Å². The first-order chi connectivity index (χ1) is 9.80. The smallest absolute Gasteiger partial charge is 0.245 e. The SMILES string of the molecule is Cc1cc(Cl)c(S(=O)(=O)N2C3CCC2CC(O)C3)cc1N. The fraction of sp³-hybridized carbons (Fsp3) is 0.571. The third kappa shape index (κ3) is 2.44. The fourth-order valence-corrected chi connectivity index (χ4v) is 5.96. The summed E-state index contributed by atoms with van der Waals surface area (Å²) in [6.45, 7) is 1.79. The van der Waals surface area contributed by atoms with Gasteiger partial charge in [-0.05, 0) is 50.3 Å². The number of aliphatic hydroxyl groups excluding tert-OH is 1. The summed E-state index contributed by atoms with van der Waals surface area (Å²) in [5, 5.41) is 10.0. The number of benzene rings is 1. The number of nitrogen functional groups attached to an aromatic ring is 1. The summed E-state index contributed by atoms with van der Waals surface area (Å²) in [6, 6.07) is 2.76. The lowest BCUT2D eigenvalue weighted by Gasteiger charge is -2.36. The van der Waals surface area contributed by atoms with Crippen LogP contribution >= 0.6 is 11.6 Å². The van der Waals surface area contributed by atoms with Gasteiger partial charge in [0.05, 0.1) is 11.1 Å². The molecule has 116 valence electrons. The normalized spacial score (nSPS) is 29.8. The number of rotatable bonds is 2. The van der Waals surface area contributed by atoms with E-state index in [2.05, 4.69) is 0 Å². The second-order valence-corrected chi connectivity index (χ2v) is 8.20. The minimum atomic E-state index is -3.68. The highest BCUT2D eigenvalue weighted by Crippen LogP contribution is 2.41. The van der Waals surface area contributed by atoms with Gasteiger partial charge in [0.1, 0.15) is 4.90 Å². The van der Waals surface area contributed by atoms with E-state index in [1.54, 1.807) is 13.0 Å². The van der Waals surface area contributed by atoms with Crippen molar-refractivity contribution in [2.45, 2.75) is 55.7 Å². The molecule has 2 saturated heterocycles. The summed E-state index contributed by atoms with van der Waals surface area (Å²) < 4.78 is 27.4. The van der Waals surface area contributed by atoms with Crippen LogP contribution in [0.15, 0.2) is 17.0 Å². The average molecular weight is 331 g/mol. The number of sulfonamides is 1. The van der Waals surface area contributed by atoms with E-state index >= 15 is 0 Å². The highest BCUT2D eigenvalue weighted by atomic mass is 35.5. The van der Waals surface area contributed by atoms with Crippen LogP contribution in [0.25, 0.3) is 0 Å². The zero-order valence-electron chi connectivity index (χ0n) is 11.8. The van der Waals surface area contributed by atoms with Crippen LogP contribution < -0.4 is 5.73 Å². The Morgan fingerprint density at radius 3 is 2.43 bits per heavy atom. The predicted molar refractivity (Wildman–Crippen MR) is 81.7 cm³/mol. The lowest BCUT2D eigenvalue weighted by molar-refractivity contribution is 0.0769. The van der Waals surface area contributed by atoms with Crippen molar-refractivity contribution < 1.29 is 13.5 Å². The Hall–Kier alpha value is -0.820. The Labute approximate surface area is 129 Å². The first-order valence-corrected chi connectivity index (χ1v) is 8.89. The lowest BCUT2D eigenvalue weighted by Crippen LogP contribution is -2.47. The Morgan fingerprint density at radius 1 is 1.29 bits per heavy atom. The molecule has 7 heteroatoms. The van der Waals surface area contributed by atoms with E-state index in [0.717, 1.165) is 18.4 Å². The average Bonchev–Trinajstić information content (AvgIpc) is 2.67. The predicted octanol–water partition coefficient (Wildman–Crippen LogP) is 1.91. The van der Waals surface area contributed by atoms with Gasteiger partial charge in [-0.1, -0.05) is 11.6 Å². The van der Waals surface area contributed by atoms with E-state index < -0.39 is 16.1 Å². The van der Waals surface area contributed by atoms with Crippen molar-refractivity contribution in [2.75, 3.05) is 5.73 Å². The molecule has 3 rings (SSSR count). The first-order valence-electron chi connectivity index (χ1n) is 7.08. The number of hydrogen-bond donors (Lipinski definition) is 2. The molecule has 2 aliphatic rings. The van der Waals surface area contributed by atoms with Crippen molar-refractivity contribution in [2.24, 2.45) is 0 Å². The van der Waals surface area contributed by atoms with E-state index in [1.165, 1.54) is 10.4 Å². The number of aryl methyl sites for hydroxylation is 1. The summed E-state index contributed by atoms with van der Waals surface area (Å²) in [4.78, 5) is 0.0700. The molecule has 0 aromatic heterocycles. The minimum Gasteiger partial charge on any atom is -0.398 e. The van der Waals surface area contributed by atoms with E-state index in [1.807, 2.05) is 0 Å². The quantitative estimate of drug-likeness (QED) is 0.811. The molecule has 21 heavy (non-hydrogen) atoms. The number of piperidine rings is 1. The van der Waals surface area contributed by atoms with Crippen molar-refractivity contribution >= 4 is 27.3 Å². The molecule has 0 spiro atoms. The largest absolute Gasteiger partial charge is 0.398 e. The van der Waals surface area contributed by atoms with E-state index in [0.29, 0.717) is 18.5 Å². The number of aliphatic hydroxyl groups is 1. The minimum absolute atomic E-state index is 0.0700. The topological polar surface area (TPSA) is 83.6 Å². The molecule has 2 heterocycles. The number of halogens is 1. The summed E-state index contributed by atoms with van der Waals surface area (Å²) in [5.74, 6) is 0. The molecule has 1 aromatic rings. The standard InChI is InChI=1S/C14H19ClN2O3S/c1-8-4-12(15)14(7-13(8)16)21(19,20)17-9-2-3-10(17)6-11(18)5-9/h4,7,9-11,18H,2-3,5-6,16H2,1H3. The number of nitrogens with two attached hydrogens (primary N) is 1. The van der Waals surface area contributed by atoms with E-state index in [-0.39, 0.29) is 22.0 Å². The molecule has 2 atom stereocenters. The van der Waals surface area contributed by atoms with Crippen LogP contribution in [0, 0.1) is 6.92 Å². The highest BCUT2D eigenvalue weighted by Gasteiger charge is 2.47.